The molecule has 0 bridgehead atoms. The lowest BCUT2D eigenvalue weighted by atomic mass is 9.95. The normalized spacial score (nSPS) is 11.9. The molecule has 37 heavy (non-hydrogen) atoms. The number of aromatic nitrogens is 4. The number of carboxylic acid groups (broad SMARTS) is 1. The summed E-state index contributed by atoms with van der Waals surface area (Å²) < 4.78 is 1.87. The highest BCUT2D eigenvalue weighted by Gasteiger charge is 2.27. The van der Waals surface area contributed by atoms with Gasteiger partial charge in [-0.15, -0.1) is 11.3 Å². The van der Waals surface area contributed by atoms with Gasteiger partial charge in [-0.25, -0.2) is 15.0 Å². The lowest BCUT2D eigenvalue weighted by molar-refractivity contribution is -0.140. The van der Waals surface area contributed by atoms with E-state index in [1.165, 1.54) is 16.2 Å². The Labute approximate surface area is 217 Å². The van der Waals surface area contributed by atoms with Gasteiger partial charge in [0.05, 0.1) is 24.4 Å². The van der Waals surface area contributed by atoms with E-state index in [1.807, 2.05) is 83.9 Å². The van der Waals surface area contributed by atoms with Crippen molar-refractivity contribution in [2.75, 3.05) is 11.9 Å². The number of fused-ring (bicyclic) bond motifs is 1. The van der Waals surface area contributed by atoms with E-state index >= 15 is 0 Å². The Hall–Kier alpha value is -4.37. The number of hydrogen-bond donors (Lipinski definition) is 1. The fraction of sp³-hybridized carbons (Fsp3) is 0.179. The van der Waals surface area contributed by atoms with Crippen LogP contribution in [0.1, 0.15) is 12.0 Å². The molecule has 9 heteroatoms. The minimum atomic E-state index is -1.00. The zero-order chi connectivity index (χ0) is 25.9. The zero-order valence-corrected chi connectivity index (χ0v) is 21.2. The quantitative estimate of drug-likeness (QED) is 0.313. The first-order valence-corrected chi connectivity index (χ1v) is 12.6. The van der Waals surface area contributed by atoms with E-state index in [1.54, 1.807) is 13.4 Å². The molecule has 0 aliphatic rings. The van der Waals surface area contributed by atoms with E-state index in [4.69, 9.17) is 4.98 Å². The van der Waals surface area contributed by atoms with Crippen LogP contribution in [0.3, 0.4) is 0 Å². The fourth-order valence-electron chi connectivity index (χ4n) is 4.39. The predicted octanol–water partition coefficient (Wildman–Crippen LogP) is 5.06. The van der Waals surface area contributed by atoms with Gasteiger partial charge >= 0.3 is 5.97 Å². The first-order valence-electron chi connectivity index (χ1n) is 11.8. The van der Waals surface area contributed by atoms with Crippen molar-refractivity contribution in [2.45, 2.75) is 12.8 Å². The van der Waals surface area contributed by atoms with E-state index in [-0.39, 0.29) is 12.3 Å². The van der Waals surface area contributed by atoms with Gasteiger partial charge in [-0.1, -0.05) is 54.6 Å². The van der Waals surface area contributed by atoms with Gasteiger partial charge in [0.25, 0.3) is 0 Å². The van der Waals surface area contributed by atoms with Crippen LogP contribution in [0.4, 0.5) is 5.13 Å². The highest BCUT2D eigenvalue weighted by atomic mass is 32.1. The number of thiazole rings is 1. The number of carboxylic acids is 1. The van der Waals surface area contributed by atoms with Crippen molar-refractivity contribution in [3.8, 4) is 22.4 Å². The van der Waals surface area contributed by atoms with Gasteiger partial charge in [-0.2, -0.15) is 0 Å². The third-order valence-electron chi connectivity index (χ3n) is 6.27. The van der Waals surface area contributed by atoms with Crippen LogP contribution >= 0.6 is 11.3 Å². The van der Waals surface area contributed by atoms with Crippen LogP contribution in [-0.2, 0) is 23.1 Å². The van der Waals surface area contributed by atoms with Crippen LogP contribution in [0.2, 0.25) is 0 Å². The molecule has 2 aromatic carbocycles. The van der Waals surface area contributed by atoms with Gasteiger partial charge in [-0.05, 0) is 23.6 Å². The summed E-state index contributed by atoms with van der Waals surface area (Å²) in [6.45, 7) is 0. The Morgan fingerprint density at radius 3 is 2.54 bits per heavy atom. The number of nitrogens with zero attached hydrogens (tertiary/aromatic N) is 5. The average Bonchev–Trinajstić information content (AvgIpc) is 3.55. The molecule has 0 radical (unpaired) electrons. The summed E-state index contributed by atoms with van der Waals surface area (Å²) >= 11 is 1.35. The number of hydrogen-bond acceptors (Lipinski definition) is 6. The number of aliphatic carboxylic acids is 1. The highest BCUT2D eigenvalue weighted by Crippen LogP contribution is 2.35. The van der Waals surface area contributed by atoms with Crippen molar-refractivity contribution < 1.29 is 14.7 Å². The molecule has 1 unspecified atom stereocenters. The number of aryl methyl sites for hydroxylation is 1. The van der Waals surface area contributed by atoms with Crippen LogP contribution < -0.4 is 4.90 Å². The molecule has 1 atom stereocenters. The van der Waals surface area contributed by atoms with Gasteiger partial charge in [0.2, 0.25) is 5.91 Å². The number of anilines is 1. The van der Waals surface area contributed by atoms with E-state index in [0.29, 0.717) is 11.6 Å². The topological polar surface area (TPSA) is 101 Å². The maximum absolute atomic E-state index is 13.4. The third kappa shape index (κ3) is 5.12. The largest absolute Gasteiger partial charge is 0.481 e. The molecule has 5 rings (SSSR count). The van der Waals surface area contributed by atoms with Crippen molar-refractivity contribution in [1.82, 2.24) is 19.5 Å². The molecular formula is C28H25N5O3S. The molecule has 8 nitrogen and oxygen atoms in total. The van der Waals surface area contributed by atoms with Crippen molar-refractivity contribution in [2.24, 2.45) is 13.0 Å². The second kappa shape index (κ2) is 10.3. The molecule has 3 heterocycles. The summed E-state index contributed by atoms with van der Waals surface area (Å²) in [5.74, 6) is -1.97. The maximum atomic E-state index is 13.4. The van der Waals surface area contributed by atoms with Crippen LogP contribution in [0.5, 0.6) is 0 Å². The van der Waals surface area contributed by atoms with Crippen molar-refractivity contribution in [1.29, 1.82) is 0 Å². The first kappa shape index (κ1) is 24.3. The van der Waals surface area contributed by atoms with Crippen molar-refractivity contribution >= 4 is 39.5 Å². The molecule has 0 fully saturated rings. The summed E-state index contributed by atoms with van der Waals surface area (Å²) in [7, 11) is 3.56. The second-order valence-electron chi connectivity index (χ2n) is 8.86. The van der Waals surface area contributed by atoms with Gasteiger partial charge < -0.3 is 9.67 Å². The Morgan fingerprint density at radius 1 is 1.05 bits per heavy atom. The molecule has 0 aliphatic heterocycles. The Morgan fingerprint density at radius 2 is 1.78 bits per heavy atom. The van der Waals surface area contributed by atoms with Gasteiger partial charge in [0, 0.05) is 36.8 Å². The number of carbonyl (C=O) groups is 2. The molecular weight excluding hydrogens is 486 g/mol. The average molecular weight is 512 g/mol. The molecule has 0 spiro atoms. The Kier molecular flexibility index (Phi) is 6.78. The zero-order valence-electron chi connectivity index (χ0n) is 20.4. The Balaban J connectivity index is 1.42. The van der Waals surface area contributed by atoms with E-state index in [0.717, 1.165) is 39.1 Å². The number of amides is 1. The number of rotatable bonds is 8. The number of benzene rings is 2. The molecule has 186 valence electrons. The van der Waals surface area contributed by atoms with Gasteiger partial charge in [-0.3, -0.25) is 14.5 Å². The molecule has 0 saturated carbocycles. The molecule has 0 aliphatic carbocycles. The minimum Gasteiger partial charge on any atom is -0.481 e. The van der Waals surface area contributed by atoms with Crippen LogP contribution in [0.25, 0.3) is 33.5 Å². The molecule has 1 amide bonds. The fourth-order valence-corrected chi connectivity index (χ4v) is 5.18. The lowest BCUT2D eigenvalue weighted by Crippen LogP contribution is -2.35. The van der Waals surface area contributed by atoms with E-state index in [2.05, 4.69) is 9.97 Å². The smallest absolute Gasteiger partial charge is 0.304 e. The van der Waals surface area contributed by atoms with Crippen molar-refractivity contribution in [3.05, 3.63) is 84.1 Å². The van der Waals surface area contributed by atoms with Crippen LogP contribution in [0.15, 0.2) is 78.6 Å². The lowest BCUT2D eigenvalue weighted by Gasteiger charge is -2.21. The number of pyridine rings is 1. The minimum absolute atomic E-state index is 0.248. The Bertz CT molecular complexity index is 1580. The second-order valence-corrected chi connectivity index (χ2v) is 9.70. The van der Waals surface area contributed by atoms with E-state index < -0.39 is 11.9 Å². The summed E-state index contributed by atoms with van der Waals surface area (Å²) in [5.41, 5.74) is 6.06. The molecule has 0 saturated heterocycles. The standard InChI is InChI=1S/C28H25N5O3S/c1-32-17-30-23-13-20(15-29-26(23)32)21-10-6-7-11-22(21)24-16-37-28(31-24)33(2)27(36)19(14-25(34)35)12-18-8-4-3-5-9-18/h3-11,13,15-17,19H,12,14H2,1-2H3,(H,34,35). The predicted molar refractivity (Wildman–Crippen MR) is 144 cm³/mol. The summed E-state index contributed by atoms with van der Waals surface area (Å²) in [6, 6.07) is 19.4. The van der Waals surface area contributed by atoms with Gasteiger partial charge in [0.15, 0.2) is 10.8 Å². The van der Waals surface area contributed by atoms with Crippen LogP contribution in [-0.4, -0.2) is 43.5 Å². The monoisotopic (exact) mass is 511 g/mol. The summed E-state index contributed by atoms with van der Waals surface area (Å²) in [6.07, 6.45) is 3.66. The third-order valence-corrected chi connectivity index (χ3v) is 7.19. The van der Waals surface area contributed by atoms with Crippen molar-refractivity contribution in [3.63, 3.8) is 0 Å². The number of carbonyl (C=O) groups excluding carboxylic acids is 1. The summed E-state index contributed by atoms with van der Waals surface area (Å²) in [4.78, 5) is 40.1. The van der Waals surface area contributed by atoms with Crippen LogP contribution in [0, 0.1) is 5.92 Å². The molecule has 1 N–H and O–H groups in total. The van der Waals surface area contributed by atoms with Gasteiger partial charge in [0.1, 0.15) is 5.52 Å². The molecule has 3 aromatic heterocycles. The number of imidazole rings is 1. The first-order chi connectivity index (χ1) is 17.9. The summed E-state index contributed by atoms with van der Waals surface area (Å²) in [5, 5.41) is 11.8. The highest BCUT2D eigenvalue weighted by molar-refractivity contribution is 7.14. The SMILES string of the molecule is CN(C(=O)C(CC(=O)O)Cc1ccccc1)c1nc(-c2ccccc2-c2cnc3c(c2)ncn3C)cs1. The van der Waals surface area contributed by atoms with E-state index in [9.17, 15) is 14.7 Å². The maximum Gasteiger partial charge on any atom is 0.304 e. The molecule has 5 aromatic rings.